The minimum atomic E-state index is -0.320. The van der Waals surface area contributed by atoms with Crippen LogP contribution in [0.15, 0.2) is 35.5 Å². The van der Waals surface area contributed by atoms with E-state index in [2.05, 4.69) is 19.6 Å². The Morgan fingerprint density at radius 3 is 2.81 bits per heavy atom. The number of fused-ring (bicyclic) bond motifs is 1. The van der Waals surface area contributed by atoms with Gasteiger partial charge in [0, 0.05) is 24.8 Å². The third-order valence-electron chi connectivity index (χ3n) is 4.12. The molecule has 4 heteroatoms. The predicted molar refractivity (Wildman–Crippen MR) is 79.4 cm³/mol. The van der Waals surface area contributed by atoms with E-state index in [9.17, 15) is 9.59 Å². The molecule has 3 atom stereocenters. The predicted octanol–water partition coefficient (Wildman–Crippen LogP) is 3.09. The van der Waals surface area contributed by atoms with E-state index in [-0.39, 0.29) is 30.1 Å². The largest absolute Gasteiger partial charge is 0.458 e. The Bertz CT molecular complexity index is 527. The summed E-state index contributed by atoms with van der Waals surface area (Å²) in [7, 11) is 0. The van der Waals surface area contributed by atoms with E-state index >= 15 is 0 Å². The van der Waals surface area contributed by atoms with E-state index in [1.165, 1.54) is 12.5 Å². The molecule has 0 spiro atoms. The highest BCUT2D eigenvalue weighted by Gasteiger charge is 2.37. The maximum absolute atomic E-state index is 11.7. The van der Waals surface area contributed by atoms with Gasteiger partial charge in [-0.05, 0) is 38.3 Å². The lowest BCUT2D eigenvalue weighted by molar-refractivity contribution is -0.144. The highest BCUT2D eigenvalue weighted by molar-refractivity contribution is 5.91. The summed E-state index contributed by atoms with van der Waals surface area (Å²) in [5.74, 6) is -0.619. The van der Waals surface area contributed by atoms with Crippen LogP contribution < -0.4 is 0 Å². The fourth-order valence-corrected chi connectivity index (χ4v) is 2.81. The monoisotopic (exact) mass is 290 g/mol. The summed E-state index contributed by atoms with van der Waals surface area (Å²) in [5.41, 5.74) is 2.68. The molecule has 1 aliphatic carbocycles. The van der Waals surface area contributed by atoms with Crippen LogP contribution in [0.4, 0.5) is 0 Å². The van der Waals surface area contributed by atoms with Gasteiger partial charge < -0.3 is 9.47 Å². The number of allylic oxidation sites excluding steroid dienone is 1. The third kappa shape index (κ3) is 3.63. The molecule has 114 valence electrons. The van der Waals surface area contributed by atoms with Gasteiger partial charge >= 0.3 is 11.9 Å². The zero-order chi connectivity index (χ0) is 15.6. The smallest absolute Gasteiger partial charge is 0.334 e. The van der Waals surface area contributed by atoms with E-state index in [0.717, 1.165) is 18.4 Å². The summed E-state index contributed by atoms with van der Waals surface area (Å²) < 4.78 is 10.8. The lowest BCUT2D eigenvalue weighted by Gasteiger charge is -2.22. The first-order valence-corrected chi connectivity index (χ1v) is 7.29. The summed E-state index contributed by atoms with van der Waals surface area (Å²) in [5, 5.41) is 0. The first-order chi connectivity index (χ1) is 9.88. The quantitative estimate of drug-likeness (QED) is 0.423. The molecule has 21 heavy (non-hydrogen) atoms. The second-order valence-electron chi connectivity index (χ2n) is 5.84. The van der Waals surface area contributed by atoms with Crippen molar-refractivity contribution in [1.29, 1.82) is 0 Å². The molecule has 1 aliphatic heterocycles. The SMILES string of the molecule is C=C1C(=O)O[C@H]2/C=C(/C)[C@@H](OC(C)=O)C/C=C(\C)CC[C@@H]12. The normalized spacial score (nSPS) is 34.9. The van der Waals surface area contributed by atoms with Crippen molar-refractivity contribution in [3.63, 3.8) is 0 Å². The molecule has 0 bridgehead atoms. The Morgan fingerprint density at radius 1 is 1.43 bits per heavy atom. The molecule has 1 fully saturated rings. The molecular formula is C17H22O4. The van der Waals surface area contributed by atoms with Gasteiger partial charge in [0.05, 0.1) is 0 Å². The fraction of sp³-hybridized carbons (Fsp3) is 0.529. The molecule has 0 amide bonds. The number of carbonyl (C=O) groups is 2. The fourth-order valence-electron chi connectivity index (χ4n) is 2.81. The van der Waals surface area contributed by atoms with Gasteiger partial charge in [0.25, 0.3) is 0 Å². The van der Waals surface area contributed by atoms with E-state index in [1.807, 2.05) is 13.0 Å². The number of rotatable bonds is 1. The summed E-state index contributed by atoms with van der Waals surface area (Å²) in [6, 6.07) is 0. The van der Waals surface area contributed by atoms with Crippen LogP contribution in [0.1, 0.15) is 40.0 Å². The Kier molecular flexibility index (Phi) is 4.66. The van der Waals surface area contributed by atoms with Gasteiger partial charge in [-0.1, -0.05) is 18.2 Å². The summed E-state index contributed by atoms with van der Waals surface area (Å²) >= 11 is 0. The highest BCUT2D eigenvalue weighted by Crippen LogP contribution is 2.34. The van der Waals surface area contributed by atoms with Crippen molar-refractivity contribution in [1.82, 2.24) is 0 Å². The molecule has 0 radical (unpaired) electrons. The molecule has 2 rings (SSSR count). The van der Waals surface area contributed by atoms with Gasteiger partial charge in [-0.15, -0.1) is 0 Å². The average Bonchev–Trinajstić information content (AvgIpc) is 2.66. The molecule has 1 saturated heterocycles. The number of hydrogen-bond donors (Lipinski definition) is 0. The van der Waals surface area contributed by atoms with E-state index in [4.69, 9.17) is 9.47 Å². The van der Waals surface area contributed by atoms with Crippen molar-refractivity contribution < 1.29 is 19.1 Å². The van der Waals surface area contributed by atoms with Crippen molar-refractivity contribution >= 4 is 11.9 Å². The molecule has 1 heterocycles. The van der Waals surface area contributed by atoms with Crippen LogP contribution in [0.25, 0.3) is 0 Å². The molecule has 2 aliphatic rings. The average molecular weight is 290 g/mol. The summed E-state index contributed by atoms with van der Waals surface area (Å²) in [6.45, 7) is 9.22. The van der Waals surface area contributed by atoms with Gasteiger partial charge in [-0.25, -0.2) is 4.79 Å². The van der Waals surface area contributed by atoms with Crippen LogP contribution in [-0.4, -0.2) is 24.1 Å². The van der Waals surface area contributed by atoms with Gasteiger partial charge in [0.1, 0.15) is 12.2 Å². The number of hydrogen-bond acceptors (Lipinski definition) is 4. The molecule has 0 N–H and O–H groups in total. The summed E-state index contributed by atoms with van der Waals surface area (Å²) in [6.07, 6.45) is 5.79. The molecule has 0 unspecified atom stereocenters. The van der Waals surface area contributed by atoms with E-state index < -0.39 is 0 Å². The van der Waals surface area contributed by atoms with Crippen LogP contribution in [0.2, 0.25) is 0 Å². The Morgan fingerprint density at radius 2 is 2.14 bits per heavy atom. The van der Waals surface area contributed by atoms with Gasteiger partial charge in [0.2, 0.25) is 0 Å². The summed E-state index contributed by atoms with van der Waals surface area (Å²) in [4.78, 5) is 23.0. The molecule has 0 saturated carbocycles. The Hall–Kier alpha value is -1.84. The van der Waals surface area contributed by atoms with Gasteiger partial charge in [0.15, 0.2) is 0 Å². The van der Waals surface area contributed by atoms with Gasteiger partial charge in [-0.2, -0.15) is 0 Å². The lowest BCUT2D eigenvalue weighted by Crippen LogP contribution is -2.22. The van der Waals surface area contributed by atoms with Crippen molar-refractivity contribution in [3.05, 3.63) is 35.5 Å². The molecule has 0 aromatic heterocycles. The van der Waals surface area contributed by atoms with Crippen molar-refractivity contribution in [2.45, 2.75) is 52.2 Å². The van der Waals surface area contributed by atoms with Crippen molar-refractivity contribution in [2.75, 3.05) is 0 Å². The maximum atomic E-state index is 11.7. The number of carbonyl (C=O) groups excluding carboxylic acids is 2. The van der Waals surface area contributed by atoms with E-state index in [0.29, 0.717) is 12.0 Å². The molecule has 4 nitrogen and oxygen atoms in total. The van der Waals surface area contributed by atoms with Crippen molar-refractivity contribution in [2.24, 2.45) is 5.92 Å². The van der Waals surface area contributed by atoms with Crippen LogP contribution in [0.3, 0.4) is 0 Å². The first-order valence-electron chi connectivity index (χ1n) is 7.29. The Balaban J connectivity index is 2.31. The van der Waals surface area contributed by atoms with Crippen LogP contribution >= 0.6 is 0 Å². The Labute approximate surface area is 125 Å². The minimum Gasteiger partial charge on any atom is -0.458 e. The highest BCUT2D eigenvalue weighted by atomic mass is 16.6. The maximum Gasteiger partial charge on any atom is 0.334 e. The standard InChI is InChI=1S/C17H22O4/c1-10-5-7-14-12(3)17(19)21-16(14)9-11(2)15(8-6-10)20-13(4)18/h6,9,14-16H,3,5,7-8H2,1-2,4H3/b10-6+,11-9-/t14-,15-,16-/m0/s1. The number of esters is 2. The molecule has 0 aromatic rings. The van der Waals surface area contributed by atoms with Crippen LogP contribution in [-0.2, 0) is 19.1 Å². The minimum absolute atomic E-state index is 0.00637. The zero-order valence-corrected chi connectivity index (χ0v) is 12.8. The zero-order valence-electron chi connectivity index (χ0n) is 12.8. The van der Waals surface area contributed by atoms with Gasteiger partial charge in [-0.3, -0.25) is 4.79 Å². The third-order valence-corrected chi connectivity index (χ3v) is 4.12. The second kappa shape index (κ2) is 6.29. The van der Waals surface area contributed by atoms with Crippen LogP contribution in [0.5, 0.6) is 0 Å². The number of ether oxygens (including phenoxy) is 2. The topological polar surface area (TPSA) is 52.6 Å². The lowest BCUT2D eigenvalue weighted by atomic mass is 9.87. The molecule has 0 aromatic carbocycles. The van der Waals surface area contributed by atoms with Crippen molar-refractivity contribution in [3.8, 4) is 0 Å². The van der Waals surface area contributed by atoms with E-state index in [1.54, 1.807) is 0 Å². The van der Waals surface area contributed by atoms with Crippen LogP contribution in [0, 0.1) is 5.92 Å². The second-order valence-corrected chi connectivity index (χ2v) is 5.84. The first kappa shape index (κ1) is 15.5. The molecular weight excluding hydrogens is 268 g/mol.